The van der Waals surface area contributed by atoms with Crippen molar-refractivity contribution in [2.24, 2.45) is 0 Å². The molecular weight excluding hydrogens is 456 g/mol. The Bertz CT molecular complexity index is 1400. The number of aromatic amines is 1. The highest BCUT2D eigenvalue weighted by atomic mass is 79.9. The topological polar surface area (TPSA) is 98.1 Å². The fourth-order valence-electron chi connectivity index (χ4n) is 3.17. The summed E-state index contributed by atoms with van der Waals surface area (Å²) in [5.74, 6) is 0.119. The number of fused-ring (bicyclic) bond motifs is 3. The molecule has 144 valence electrons. The third-order valence-electron chi connectivity index (χ3n) is 4.58. The highest BCUT2D eigenvalue weighted by Gasteiger charge is 2.21. The minimum atomic E-state index is -0.379. The molecule has 5 rings (SSSR count). The van der Waals surface area contributed by atoms with Gasteiger partial charge >= 0.3 is 5.97 Å². The van der Waals surface area contributed by atoms with E-state index in [9.17, 15) is 4.79 Å². The maximum atomic E-state index is 12.0. The van der Waals surface area contributed by atoms with Crippen LogP contribution in [0.15, 0.2) is 41.1 Å². The number of nitrogens with zero attached hydrogens (tertiary/aromatic N) is 5. The molecule has 0 saturated carbocycles. The van der Waals surface area contributed by atoms with Gasteiger partial charge in [-0.2, -0.15) is 5.10 Å². The average molecular weight is 469 g/mol. The molecule has 0 radical (unpaired) electrons. The van der Waals surface area contributed by atoms with Crippen molar-refractivity contribution in [2.45, 2.75) is 6.92 Å². The number of rotatable bonds is 3. The zero-order valence-electron chi connectivity index (χ0n) is 15.3. The highest BCUT2D eigenvalue weighted by molar-refractivity contribution is 9.10. The minimum Gasteiger partial charge on any atom is -0.465 e. The molecule has 8 nitrogen and oxygen atoms in total. The van der Waals surface area contributed by atoms with Crippen molar-refractivity contribution < 1.29 is 9.53 Å². The third kappa shape index (κ3) is 2.91. The lowest BCUT2D eigenvalue weighted by Gasteiger charge is -1.96. The van der Waals surface area contributed by atoms with Crippen molar-refractivity contribution in [2.75, 3.05) is 7.11 Å². The molecule has 1 N–H and O–H groups in total. The lowest BCUT2D eigenvalue weighted by Crippen LogP contribution is -1.99. The van der Waals surface area contributed by atoms with Crippen LogP contribution in [0.25, 0.3) is 38.6 Å². The largest absolute Gasteiger partial charge is 0.465 e. The van der Waals surface area contributed by atoms with Crippen LogP contribution in [0.4, 0.5) is 0 Å². The standard InChI is InChI=1S/C19H13BrN6O2S/c1-9-14-17-22-16(13-7-12(23-24-13)10-4-3-5-11(20)6-10)25-26(17)8-21-18(14)29-15(9)19(27)28-2/h3-8H,1-2H3,(H,23,24). The first-order chi connectivity index (χ1) is 14.0. The van der Waals surface area contributed by atoms with Crippen LogP contribution in [0.3, 0.4) is 0 Å². The van der Waals surface area contributed by atoms with Crippen molar-refractivity contribution in [3.05, 3.63) is 51.6 Å². The van der Waals surface area contributed by atoms with Gasteiger partial charge in [-0.25, -0.2) is 19.3 Å². The van der Waals surface area contributed by atoms with E-state index in [1.165, 1.54) is 18.4 Å². The lowest BCUT2D eigenvalue weighted by molar-refractivity contribution is 0.0605. The maximum Gasteiger partial charge on any atom is 0.348 e. The van der Waals surface area contributed by atoms with Gasteiger partial charge in [0.1, 0.15) is 21.7 Å². The number of benzene rings is 1. The van der Waals surface area contributed by atoms with E-state index in [-0.39, 0.29) is 5.97 Å². The molecule has 0 fully saturated rings. The molecule has 0 amide bonds. The number of ether oxygens (including phenoxy) is 1. The second-order valence-corrected chi connectivity index (χ2v) is 8.27. The number of carbonyl (C=O) groups excluding carboxylic acids is 1. The van der Waals surface area contributed by atoms with E-state index in [0.717, 1.165) is 26.7 Å². The summed E-state index contributed by atoms with van der Waals surface area (Å²) in [5, 5.41) is 12.7. The molecule has 0 aliphatic carbocycles. The third-order valence-corrected chi connectivity index (χ3v) is 6.25. The van der Waals surface area contributed by atoms with Crippen LogP contribution in [0.1, 0.15) is 15.2 Å². The summed E-state index contributed by atoms with van der Waals surface area (Å²) in [7, 11) is 1.37. The lowest BCUT2D eigenvalue weighted by atomic mass is 10.1. The van der Waals surface area contributed by atoms with Crippen molar-refractivity contribution in [1.82, 2.24) is 29.8 Å². The Morgan fingerprint density at radius 1 is 1.31 bits per heavy atom. The first-order valence-electron chi connectivity index (χ1n) is 8.59. The minimum absolute atomic E-state index is 0.379. The molecule has 0 bridgehead atoms. The first kappa shape index (κ1) is 18.0. The second kappa shape index (κ2) is 6.75. The molecule has 0 saturated heterocycles. The van der Waals surface area contributed by atoms with Crippen molar-refractivity contribution in [3.8, 4) is 22.8 Å². The van der Waals surface area contributed by atoms with Crippen LogP contribution < -0.4 is 0 Å². The summed E-state index contributed by atoms with van der Waals surface area (Å²) >= 11 is 4.76. The Labute approximate surface area is 176 Å². The van der Waals surface area contributed by atoms with Crippen LogP contribution in [-0.4, -0.2) is 42.9 Å². The van der Waals surface area contributed by atoms with E-state index >= 15 is 0 Å². The molecule has 4 heterocycles. The fourth-order valence-corrected chi connectivity index (χ4v) is 4.63. The van der Waals surface area contributed by atoms with Gasteiger partial charge in [-0.1, -0.05) is 28.1 Å². The van der Waals surface area contributed by atoms with Crippen LogP contribution >= 0.6 is 27.3 Å². The number of nitrogens with one attached hydrogen (secondary N) is 1. The Balaban J connectivity index is 1.63. The van der Waals surface area contributed by atoms with Gasteiger partial charge in [-0.15, -0.1) is 16.4 Å². The van der Waals surface area contributed by atoms with E-state index < -0.39 is 0 Å². The number of thiophene rings is 1. The Morgan fingerprint density at radius 3 is 2.97 bits per heavy atom. The Morgan fingerprint density at radius 2 is 2.17 bits per heavy atom. The number of aromatic nitrogens is 6. The van der Waals surface area contributed by atoms with Crippen molar-refractivity contribution >= 4 is 49.1 Å². The first-order valence-corrected chi connectivity index (χ1v) is 10.2. The van der Waals surface area contributed by atoms with Gasteiger partial charge in [-0.05, 0) is 30.7 Å². The van der Waals surface area contributed by atoms with Gasteiger partial charge in [0.05, 0.1) is 18.2 Å². The molecule has 4 aromatic heterocycles. The average Bonchev–Trinajstić information content (AvgIpc) is 3.43. The van der Waals surface area contributed by atoms with E-state index in [1.54, 1.807) is 10.8 Å². The van der Waals surface area contributed by atoms with Crippen LogP contribution in [0, 0.1) is 6.92 Å². The number of carbonyl (C=O) groups is 1. The molecular formula is C19H13BrN6O2S. The zero-order chi connectivity index (χ0) is 20.1. The van der Waals surface area contributed by atoms with E-state index in [0.29, 0.717) is 26.9 Å². The number of halogens is 1. The number of H-pyrrole nitrogens is 1. The number of methoxy groups -OCH3 is 1. The normalized spacial score (nSPS) is 11.4. The van der Waals surface area contributed by atoms with Crippen LogP contribution in [-0.2, 0) is 4.74 Å². The fraction of sp³-hybridized carbons (Fsp3) is 0.105. The van der Waals surface area contributed by atoms with E-state index in [4.69, 9.17) is 4.74 Å². The maximum absolute atomic E-state index is 12.0. The molecule has 29 heavy (non-hydrogen) atoms. The van der Waals surface area contributed by atoms with Crippen molar-refractivity contribution in [3.63, 3.8) is 0 Å². The van der Waals surface area contributed by atoms with E-state index in [1.807, 2.05) is 37.3 Å². The van der Waals surface area contributed by atoms with Crippen LogP contribution in [0.5, 0.6) is 0 Å². The summed E-state index contributed by atoms with van der Waals surface area (Å²) in [5.41, 5.74) is 3.88. The summed E-state index contributed by atoms with van der Waals surface area (Å²) in [6.45, 7) is 1.86. The molecule has 10 heteroatoms. The van der Waals surface area contributed by atoms with Gasteiger partial charge < -0.3 is 4.74 Å². The smallest absolute Gasteiger partial charge is 0.348 e. The molecule has 1 aromatic carbocycles. The Hall–Kier alpha value is -3.11. The van der Waals surface area contributed by atoms with Gasteiger partial charge in [-0.3, -0.25) is 5.10 Å². The summed E-state index contributed by atoms with van der Waals surface area (Å²) < 4.78 is 7.46. The molecule has 0 unspecified atom stereocenters. The van der Waals surface area contributed by atoms with Gasteiger partial charge in [0.15, 0.2) is 11.5 Å². The predicted octanol–water partition coefficient (Wildman–Crippen LogP) is 4.25. The zero-order valence-corrected chi connectivity index (χ0v) is 17.7. The molecule has 0 aliphatic heterocycles. The van der Waals surface area contributed by atoms with Gasteiger partial charge in [0, 0.05) is 10.0 Å². The van der Waals surface area contributed by atoms with Gasteiger partial charge in [0.25, 0.3) is 0 Å². The summed E-state index contributed by atoms with van der Waals surface area (Å²) in [4.78, 5) is 22.4. The highest BCUT2D eigenvalue weighted by Crippen LogP contribution is 2.33. The number of aryl methyl sites for hydroxylation is 1. The SMILES string of the molecule is COC(=O)c1sc2ncn3nc(-c4cc(-c5cccc(Br)c5)n[nH]4)nc3c2c1C. The van der Waals surface area contributed by atoms with Crippen LogP contribution in [0.2, 0.25) is 0 Å². The molecule has 0 aliphatic rings. The second-order valence-electron chi connectivity index (χ2n) is 6.35. The molecule has 5 aromatic rings. The molecule has 0 atom stereocenters. The monoisotopic (exact) mass is 468 g/mol. The quantitative estimate of drug-likeness (QED) is 0.397. The van der Waals surface area contributed by atoms with E-state index in [2.05, 4.69) is 41.2 Å². The Kier molecular flexibility index (Phi) is 4.18. The number of hydrogen-bond acceptors (Lipinski definition) is 7. The summed E-state index contributed by atoms with van der Waals surface area (Å²) in [6, 6.07) is 9.80. The number of hydrogen-bond donors (Lipinski definition) is 1. The predicted molar refractivity (Wildman–Crippen MR) is 113 cm³/mol. The summed E-state index contributed by atoms with van der Waals surface area (Å²) in [6.07, 6.45) is 1.59. The number of esters is 1. The van der Waals surface area contributed by atoms with Crippen molar-refractivity contribution in [1.29, 1.82) is 0 Å². The van der Waals surface area contributed by atoms with Gasteiger partial charge in [0.2, 0.25) is 0 Å². The molecule has 0 spiro atoms.